The Hall–Kier alpha value is -2.02. The third-order valence-electron chi connectivity index (χ3n) is 1.73. The van der Waals surface area contributed by atoms with E-state index >= 15 is 0 Å². The number of nitrogens with two attached hydrogens (primary N) is 1. The Labute approximate surface area is 95.2 Å². The maximum absolute atomic E-state index is 8.61. The van der Waals surface area contributed by atoms with Crippen LogP contribution >= 0.6 is 11.8 Å². The van der Waals surface area contributed by atoms with E-state index in [1.165, 1.54) is 18.0 Å². The van der Waals surface area contributed by atoms with Gasteiger partial charge in [0.05, 0.1) is 6.20 Å². The van der Waals surface area contributed by atoms with Gasteiger partial charge < -0.3 is 15.4 Å². The van der Waals surface area contributed by atoms with Gasteiger partial charge in [-0.2, -0.15) is 0 Å². The Balaban J connectivity index is 2.34. The quantitative estimate of drug-likeness (QED) is 0.361. The van der Waals surface area contributed by atoms with Crippen molar-refractivity contribution in [2.45, 2.75) is 10.1 Å². The van der Waals surface area contributed by atoms with Crippen LogP contribution in [0.3, 0.4) is 0 Å². The van der Waals surface area contributed by atoms with Gasteiger partial charge in [0.1, 0.15) is 12.0 Å². The lowest BCUT2D eigenvalue weighted by Crippen LogP contribution is -2.15. The lowest BCUT2D eigenvalue weighted by molar-refractivity contribution is 0.318. The minimum absolute atomic E-state index is 0.0466. The normalized spacial score (nSPS) is 11.6. The predicted octanol–water partition coefficient (Wildman–Crippen LogP) is 1.32. The van der Waals surface area contributed by atoms with Crippen LogP contribution in [0.15, 0.2) is 50.5 Å². The number of pyridine rings is 1. The highest BCUT2D eigenvalue weighted by Gasteiger charge is 2.11. The second kappa shape index (κ2) is 4.67. The molecule has 0 spiro atoms. The molecular weight excluding hydrogens is 228 g/mol. The van der Waals surface area contributed by atoms with Crippen molar-refractivity contribution in [3.05, 3.63) is 36.5 Å². The zero-order valence-corrected chi connectivity index (χ0v) is 8.89. The predicted molar refractivity (Wildman–Crippen MR) is 57.4 cm³/mol. The fourth-order valence-electron chi connectivity index (χ4n) is 1.07. The molecule has 2 aromatic heterocycles. The topological polar surface area (TPSA) is 97.5 Å². The van der Waals surface area contributed by atoms with Crippen molar-refractivity contribution in [1.82, 2.24) is 9.97 Å². The third kappa shape index (κ3) is 2.14. The lowest BCUT2D eigenvalue weighted by atomic mass is 10.3. The number of hydrogen-bond acceptors (Lipinski definition) is 6. The molecule has 0 unspecified atom stereocenters. The zero-order chi connectivity index (χ0) is 11.4. The van der Waals surface area contributed by atoms with E-state index in [0.29, 0.717) is 15.8 Å². The van der Waals surface area contributed by atoms with E-state index in [1.54, 1.807) is 24.5 Å². The first kappa shape index (κ1) is 10.5. The third-order valence-corrected chi connectivity index (χ3v) is 2.65. The van der Waals surface area contributed by atoms with Crippen molar-refractivity contribution in [3.63, 3.8) is 0 Å². The van der Waals surface area contributed by atoms with E-state index in [4.69, 9.17) is 15.4 Å². The molecule has 0 aliphatic carbocycles. The van der Waals surface area contributed by atoms with Gasteiger partial charge in [-0.05, 0) is 23.9 Å². The molecular formula is C9H8N4O2S. The molecule has 0 aliphatic rings. The first-order chi connectivity index (χ1) is 7.81. The number of amidine groups is 1. The molecule has 0 bridgehead atoms. The van der Waals surface area contributed by atoms with Gasteiger partial charge >= 0.3 is 0 Å². The minimum Gasteiger partial charge on any atom is -0.440 e. The van der Waals surface area contributed by atoms with Gasteiger partial charge in [-0.3, -0.25) is 4.98 Å². The maximum atomic E-state index is 8.61. The number of hydrogen-bond donors (Lipinski definition) is 2. The SMILES string of the molecule is N/C(=N/O)c1ncccc1Sc1ncco1. The molecule has 2 heterocycles. The Kier molecular flexibility index (Phi) is 3.06. The van der Waals surface area contributed by atoms with Crippen LogP contribution < -0.4 is 5.73 Å². The van der Waals surface area contributed by atoms with E-state index in [1.807, 2.05) is 0 Å². The van der Waals surface area contributed by atoms with Gasteiger partial charge in [0.2, 0.25) is 0 Å². The minimum atomic E-state index is -0.0466. The van der Waals surface area contributed by atoms with Crippen molar-refractivity contribution in [2.75, 3.05) is 0 Å². The molecule has 0 atom stereocenters. The van der Waals surface area contributed by atoms with Crippen LogP contribution in [0.25, 0.3) is 0 Å². The van der Waals surface area contributed by atoms with Gasteiger partial charge in [-0.15, -0.1) is 0 Å². The van der Waals surface area contributed by atoms with Gasteiger partial charge in [0, 0.05) is 11.1 Å². The lowest BCUT2D eigenvalue weighted by Gasteiger charge is -2.03. The number of oxazole rings is 1. The molecule has 2 rings (SSSR count). The van der Waals surface area contributed by atoms with Gasteiger partial charge in [-0.1, -0.05) is 5.16 Å². The average Bonchev–Trinajstić information content (AvgIpc) is 2.82. The van der Waals surface area contributed by atoms with Crippen LogP contribution in [-0.4, -0.2) is 21.0 Å². The summed E-state index contributed by atoms with van der Waals surface area (Å²) in [6.45, 7) is 0. The Morgan fingerprint density at radius 1 is 1.44 bits per heavy atom. The van der Waals surface area contributed by atoms with Crippen molar-refractivity contribution >= 4 is 17.6 Å². The summed E-state index contributed by atoms with van der Waals surface area (Å²) in [6, 6.07) is 3.54. The average molecular weight is 236 g/mol. The van der Waals surface area contributed by atoms with E-state index in [9.17, 15) is 0 Å². The van der Waals surface area contributed by atoms with E-state index in [0.717, 1.165) is 0 Å². The molecule has 0 amide bonds. The molecule has 0 saturated carbocycles. The summed E-state index contributed by atoms with van der Waals surface area (Å²) in [6.07, 6.45) is 4.58. The van der Waals surface area contributed by atoms with Crippen molar-refractivity contribution in [2.24, 2.45) is 10.9 Å². The fourth-order valence-corrected chi connectivity index (χ4v) is 1.87. The number of oxime groups is 1. The first-order valence-corrected chi connectivity index (χ1v) is 5.13. The molecule has 82 valence electrons. The van der Waals surface area contributed by atoms with Gasteiger partial charge in [0.25, 0.3) is 5.22 Å². The highest BCUT2D eigenvalue weighted by molar-refractivity contribution is 7.99. The smallest absolute Gasteiger partial charge is 0.260 e. The molecule has 6 nitrogen and oxygen atoms in total. The van der Waals surface area contributed by atoms with Crippen LogP contribution in [-0.2, 0) is 0 Å². The van der Waals surface area contributed by atoms with Crippen molar-refractivity contribution in [3.8, 4) is 0 Å². The zero-order valence-electron chi connectivity index (χ0n) is 8.07. The molecule has 7 heteroatoms. The highest BCUT2D eigenvalue weighted by atomic mass is 32.2. The second-order valence-corrected chi connectivity index (χ2v) is 3.73. The molecule has 0 aromatic carbocycles. The largest absolute Gasteiger partial charge is 0.440 e. The van der Waals surface area contributed by atoms with Crippen molar-refractivity contribution in [1.29, 1.82) is 0 Å². The Morgan fingerprint density at radius 2 is 2.31 bits per heavy atom. The van der Waals surface area contributed by atoms with Gasteiger partial charge in [-0.25, -0.2) is 4.98 Å². The van der Waals surface area contributed by atoms with Crippen LogP contribution in [0.1, 0.15) is 5.69 Å². The summed E-state index contributed by atoms with van der Waals surface area (Å²) < 4.78 is 5.09. The number of nitrogens with zero attached hydrogens (tertiary/aromatic N) is 3. The van der Waals surface area contributed by atoms with E-state index in [2.05, 4.69) is 15.1 Å². The summed E-state index contributed by atoms with van der Waals surface area (Å²) >= 11 is 1.25. The molecule has 0 aliphatic heterocycles. The summed E-state index contributed by atoms with van der Waals surface area (Å²) in [7, 11) is 0. The standard InChI is InChI=1S/C9H8N4O2S/c10-8(13-14)7-6(2-1-3-11-7)16-9-12-4-5-15-9/h1-5,14H,(H2,10,13). The summed E-state index contributed by atoms with van der Waals surface area (Å²) in [5, 5.41) is 12.0. The Morgan fingerprint density at radius 3 is 3.00 bits per heavy atom. The summed E-state index contributed by atoms with van der Waals surface area (Å²) in [5.41, 5.74) is 5.89. The molecule has 0 radical (unpaired) electrons. The van der Waals surface area contributed by atoms with Gasteiger partial charge in [0.15, 0.2) is 5.84 Å². The van der Waals surface area contributed by atoms with Crippen LogP contribution in [0.5, 0.6) is 0 Å². The van der Waals surface area contributed by atoms with Crippen LogP contribution in [0, 0.1) is 0 Å². The molecule has 2 aromatic rings. The number of aromatic nitrogens is 2. The van der Waals surface area contributed by atoms with E-state index in [-0.39, 0.29) is 5.84 Å². The summed E-state index contributed by atoms with van der Waals surface area (Å²) in [5.74, 6) is -0.0466. The molecule has 0 fully saturated rings. The second-order valence-electron chi connectivity index (χ2n) is 2.74. The fraction of sp³-hybridized carbons (Fsp3) is 0. The molecule has 3 N–H and O–H groups in total. The van der Waals surface area contributed by atoms with Crippen molar-refractivity contribution < 1.29 is 9.62 Å². The van der Waals surface area contributed by atoms with Crippen LogP contribution in [0.4, 0.5) is 0 Å². The number of rotatable bonds is 3. The monoisotopic (exact) mass is 236 g/mol. The summed E-state index contributed by atoms with van der Waals surface area (Å²) in [4.78, 5) is 8.70. The Bertz CT molecular complexity index is 498. The van der Waals surface area contributed by atoms with E-state index < -0.39 is 0 Å². The molecule has 0 saturated heterocycles. The maximum Gasteiger partial charge on any atom is 0.260 e. The first-order valence-electron chi connectivity index (χ1n) is 4.31. The molecule has 16 heavy (non-hydrogen) atoms. The van der Waals surface area contributed by atoms with Crippen LogP contribution in [0.2, 0.25) is 0 Å². The highest BCUT2D eigenvalue weighted by Crippen LogP contribution is 2.27.